The Morgan fingerprint density at radius 3 is 2.62 bits per heavy atom. The van der Waals surface area contributed by atoms with E-state index in [4.69, 9.17) is 9.72 Å². The number of hydrogen-bond donors (Lipinski definition) is 1. The fraction of sp³-hybridized carbons (Fsp3) is 0.280. The first-order valence-electron chi connectivity index (χ1n) is 10.1. The summed E-state index contributed by atoms with van der Waals surface area (Å²) < 4.78 is 5.97. The number of para-hydroxylation sites is 2. The van der Waals surface area contributed by atoms with E-state index >= 15 is 0 Å². The summed E-state index contributed by atoms with van der Waals surface area (Å²) in [4.78, 5) is 17.1. The van der Waals surface area contributed by atoms with Gasteiger partial charge in [-0.2, -0.15) is 0 Å². The van der Waals surface area contributed by atoms with E-state index in [1.54, 1.807) is 0 Å². The Balaban J connectivity index is 1.94. The van der Waals surface area contributed by atoms with Crippen LogP contribution in [-0.2, 0) is 6.42 Å². The molecule has 0 saturated carbocycles. The molecule has 1 atom stereocenters. The van der Waals surface area contributed by atoms with Gasteiger partial charge in [-0.15, -0.1) is 0 Å². The van der Waals surface area contributed by atoms with E-state index in [-0.39, 0.29) is 6.10 Å². The molecule has 1 aliphatic carbocycles. The lowest BCUT2D eigenvalue weighted by Gasteiger charge is -2.26. The van der Waals surface area contributed by atoms with Gasteiger partial charge in [0.15, 0.2) is 0 Å². The van der Waals surface area contributed by atoms with Crippen molar-refractivity contribution in [1.82, 2.24) is 4.98 Å². The number of rotatable bonds is 4. The zero-order chi connectivity index (χ0) is 20.5. The van der Waals surface area contributed by atoms with Crippen molar-refractivity contribution in [2.75, 3.05) is 0 Å². The van der Waals surface area contributed by atoms with Gasteiger partial charge < -0.3 is 9.84 Å². The van der Waals surface area contributed by atoms with E-state index in [1.165, 1.54) is 0 Å². The number of aromatic nitrogens is 1. The molecule has 1 aliphatic rings. The van der Waals surface area contributed by atoms with Crippen molar-refractivity contribution in [3.8, 4) is 5.75 Å². The highest BCUT2D eigenvalue weighted by Crippen LogP contribution is 2.39. The van der Waals surface area contributed by atoms with Crippen LogP contribution in [0.2, 0.25) is 0 Å². The third kappa shape index (κ3) is 3.75. The van der Waals surface area contributed by atoms with Crippen molar-refractivity contribution in [2.24, 2.45) is 5.92 Å². The Morgan fingerprint density at radius 1 is 1.14 bits per heavy atom. The molecule has 4 rings (SSSR count). The summed E-state index contributed by atoms with van der Waals surface area (Å²) in [5, 5.41) is 10.7. The van der Waals surface area contributed by atoms with Crippen LogP contribution in [0, 0.1) is 5.92 Å². The Hall–Kier alpha value is -3.14. The quantitative estimate of drug-likeness (QED) is 0.611. The van der Waals surface area contributed by atoms with E-state index in [9.17, 15) is 9.90 Å². The summed E-state index contributed by atoms with van der Waals surface area (Å²) in [5.41, 5.74) is 4.79. The molecule has 1 heterocycles. The smallest absolute Gasteiger partial charge is 0.336 e. The van der Waals surface area contributed by atoms with Gasteiger partial charge in [0, 0.05) is 10.9 Å². The van der Waals surface area contributed by atoms with E-state index < -0.39 is 5.97 Å². The van der Waals surface area contributed by atoms with Crippen molar-refractivity contribution >= 4 is 28.5 Å². The summed E-state index contributed by atoms with van der Waals surface area (Å²) in [6.45, 7) is 6.18. The van der Waals surface area contributed by atoms with Gasteiger partial charge >= 0.3 is 5.97 Å². The monoisotopic (exact) mass is 387 g/mol. The minimum atomic E-state index is -0.892. The summed E-state index contributed by atoms with van der Waals surface area (Å²) in [7, 11) is 0. The minimum absolute atomic E-state index is 0.0767. The first-order chi connectivity index (χ1) is 13.9. The number of nitrogens with zero attached hydrogens (tertiary/aromatic N) is 1. The van der Waals surface area contributed by atoms with Crippen LogP contribution in [0.5, 0.6) is 5.75 Å². The molecule has 29 heavy (non-hydrogen) atoms. The van der Waals surface area contributed by atoms with Gasteiger partial charge in [0.05, 0.1) is 22.9 Å². The van der Waals surface area contributed by atoms with Gasteiger partial charge in [-0.25, -0.2) is 9.78 Å². The summed E-state index contributed by atoms with van der Waals surface area (Å²) in [6.07, 6.45) is 3.76. The van der Waals surface area contributed by atoms with Gasteiger partial charge in [0.25, 0.3) is 0 Å². The van der Waals surface area contributed by atoms with E-state index in [2.05, 4.69) is 13.0 Å². The van der Waals surface area contributed by atoms with Crippen molar-refractivity contribution < 1.29 is 14.6 Å². The molecule has 3 aromatic rings. The molecular formula is C25H25NO3. The SMILES string of the molecule is CC1CC(=Cc2ccccc2OC(C)C)c2nc3ccccc3c(C(=O)O)c2C1. The lowest BCUT2D eigenvalue weighted by molar-refractivity contribution is 0.0697. The van der Waals surface area contributed by atoms with Gasteiger partial charge in [-0.05, 0) is 62.0 Å². The standard InChI is InChI=1S/C25H25NO3/c1-15(2)29-22-11-7-4-8-17(22)14-18-12-16(3)13-20-23(25(27)28)19-9-5-6-10-21(19)26-24(18)20/h4-11,14-16H,12-13H2,1-3H3,(H,27,28). The number of pyridine rings is 1. The normalized spacial score (nSPS) is 17.5. The lowest BCUT2D eigenvalue weighted by Crippen LogP contribution is -2.17. The van der Waals surface area contributed by atoms with Gasteiger partial charge in [0.2, 0.25) is 0 Å². The lowest BCUT2D eigenvalue weighted by atomic mass is 9.80. The van der Waals surface area contributed by atoms with Gasteiger partial charge in [-0.1, -0.05) is 43.3 Å². The third-order valence-electron chi connectivity index (χ3n) is 5.24. The topological polar surface area (TPSA) is 59.4 Å². The Kier molecular flexibility index (Phi) is 5.10. The van der Waals surface area contributed by atoms with Crippen LogP contribution in [-0.4, -0.2) is 22.2 Å². The highest BCUT2D eigenvalue weighted by molar-refractivity contribution is 6.06. The number of hydrogen-bond acceptors (Lipinski definition) is 3. The maximum Gasteiger partial charge on any atom is 0.336 e. The fourth-order valence-electron chi connectivity index (χ4n) is 4.13. The first kappa shape index (κ1) is 19.2. The van der Waals surface area contributed by atoms with Crippen molar-refractivity contribution in [1.29, 1.82) is 0 Å². The third-order valence-corrected chi connectivity index (χ3v) is 5.24. The highest BCUT2D eigenvalue weighted by atomic mass is 16.5. The molecule has 2 aromatic carbocycles. The number of ether oxygens (including phenoxy) is 1. The second-order valence-electron chi connectivity index (χ2n) is 8.02. The number of carboxylic acid groups (broad SMARTS) is 1. The highest BCUT2D eigenvalue weighted by Gasteiger charge is 2.28. The van der Waals surface area contributed by atoms with Crippen LogP contribution in [0.15, 0.2) is 48.5 Å². The Labute approximate surface area is 170 Å². The fourth-order valence-corrected chi connectivity index (χ4v) is 4.13. The number of allylic oxidation sites excluding steroid dienone is 1. The maximum atomic E-state index is 12.2. The molecule has 0 radical (unpaired) electrons. The number of carboxylic acids is 1. The predicted octanol–water partition coefficient (Wildman–Crippen LogP) is 5.84. The van der Waals surface area contributed by atoms with Crippen LogP contribution in [0.3, 0.4) is 0 Å². The molecule has 0 amide bonds. The molecule has 148 valence electrons. The molecule has 1 unspecified atom stereocenters. The Bertz CT molecular complexity index is 1110. The average molecular weight is 387 g/mol. The molecular weight excluding hydrogens is 362 g/mol. The summed E-state index contributed by atoms with van der Waals surface area (Å²) in [5.74, 6) is 0.277. The second kappa shape index (κ2) is 7.70. The van der Waals surface area contributed by atoms with E-state index in [0.29, 0.717) is 16.9 Å². The van der Waals surface area contributed by atoms with Crippen LogP contribution >= 0.6 is 0 Å². The second-order valence-corrected chi connectivity index (χ2v) is 8.02. The molecule has 0 bridgehead atoms. The average Bonchev–Trinajstić information content (AvgIpc) is 2.67. The number of carbonyl (C=O) groups is 1. The zero-order valence-corrected chi connectivity index (χ0v) is 17.0. The summed E-state index contributed by atoms with van der Waals surface area (Å²) in [6, 6.07) is 15.4. The molecule has 0 saturated heterocycles. The predicted molar refractivity (Wildman–Crippen MR) is 116 cm³/mol. The molecule has 4 heteroatoms. The molecule has 0 fully saturated rings. The molecule has 1 aromatic heterocycles. The zero-order valence-electron chi connectivity index (χ0n) is 17.0. The molecule has 1 N–H and O–H groups in total. The van der Waals surface area contributed by atoms with Crippen LogP contribution in [0.25, 0.3) is 22.6 Å². The number of benzene rings is 2. The van der Waals surface area contributed by atoms with Crippen LogP contribution in [0.1, 0.15) is 54.4 Å². The van der Waals surface area contributed by atoms with Crippen LogP contribution in [0.4, 0.5) is 0 Å². The number of aromatic carboxylic acids is 1. The number of fused-ring (bicyclic) bond motifs is 2. The molecule has 0 spiro atoms. The Morgan fingerprint density at radius 2 is 1.86 bits per heavy atom. The van der Waals surface area contributed by atoms with Gasteiger partial charge in [-0.3, -0.25) is 0 Å². The molecule has 4 nitrogen and oxygen atoms in total. The largest absolute Gasteiger partial charge is 0.490 e. The van der Waals surface area contributed by atoms with Gasteiger partial charge in [0.1, 0.15) is 5.75 Å². The van der Waals surface area contributed by atoms with Crippen molar-refractivity contribution in [3.05, 3.63) is 70.9 Å². The maximum absolute atomic E-state index is 12.2. The summed E-state index contributed by atoms with van der Waals surface area (Å²) >= 11 is 0. The van der Waals surface area contributed by atoms with E-state index in [1.807, 2.05) is 62.4 Å². The van der Waals surface area contributed by atoms with Crippen molar-refractivity contribution in [2.45, 2.75) is 39.7 Å². The van der Waals surface area contributed by atoms with E-state index in [0.717, 1.165) is 46.5 Å². The first-order valence-corrected chi connectivity index (χ1v) is 10.1. The molecule has 0 aliphatic heterocycles. The van der Waals surface area contributed by atoms with Crippen molar-refractivity contribution in [3.63, 3.8) is 0 Å². The van der Waals surface area contributed by atoms with Crippen LogP contribution < -0.4 is 4.74 Å². The minimum Gasteiger partial charge on any atom is -0.490 e.